The lowest BCUT2D eigenvalue weighted by atomic mass is 10.3. The second-order valence-corrected chi connectivity index (χ2v) is 2.84. The molecule has 0 bridgehead atoms. The van der Waals surface area contributed by atoms with Crippen molar-refractivity contribution >= 4 is 5.97 Å². The van der Waals surface area contributed by atoms with Gasteiger partial charge in [-0.25, -0.2) is 9.78 Å². The molecule has 0 radical (unpaired) electrons. The number of hydrogen-bond donors (Lipinski definition) is 0. The first-order chi connectivity index (χ1) is 6.74. The molecule has 1 heterocycles. The van der Waals surface area contributed by atoms with Gasteiger partial charge in [-0.3, -0.25) is 0 Å². The number of carbonyl (C=O) groups is 1. The Morgan fingerprint density at radius 3 is 3.00 bits per heavy atom. The van der Waals surface area contributed by atoms with Gasteiger partial charge in [0, 0.05) is 0 Å². The number of hydrogen-bond acceptors (Lipinski definition) is 3. The lowest BCUT2D eigenvalue weighted by Crippen LogP contribution is -2.08. The molecule has 0 saturated heterocycles. The fourth-order valence-electron chi connectivity index (χ4n) is 0.905. The van der Waals surface area contributed by atoms with Gasteiger partial charge >= 0.3 is 5.97 Å². The number of carbonyl (C=O) groups excluding carboxylic acids is 1. The van der Waals surface area contributed by atoms with Crippen LogP contribution in [0.2, 0.25) is 0 Å². The molecular formula is C10H12FNO2. The van der Waals surface area contributed by atoms with Crippen molar-refractivity contribution in [2.45, 2.75) is 19.8 Å². The third kappa shape index (κ3) is 3.12. The van der Waals surface area contributed by atoms with E-state index in [4.69, 9.17) is 4.74 Å². The monoisotopic (exact) mass is 197 g/mol. The molecule has 0 N–H and O–H groups in total. The van der Waals surface area contributed by atoms with E-state index in [0.717, 1.165) is 12.8 Å². The summed E-state index contributed by atoms with van der Waals surface area (Å²) < 4.78 is 17.5. The molecular weight excluding hydrogens is 185 g/mol. The average molecular weight is 197 g/mol. The standard InChI is InChI=1S/C10H12FNO2/c1-2-3-7-14-10(13)8-5-4-6-9(11)12-8/h4-6H,2-3,7H2,1H3. The topological polar surface area (TPSA) is 39.2 Å². The van der Waals surface area contributed by atoms with Gasteiger partial charge in [0.2, 0.25) is 5.95 Å². The predicted molar refractivity (Wildman–Crippen MR) is 49.4 cm³/mol. The molecule has 3 nitrogen and oxygen atoms in total. The number of nitrogens with zero attached hydrogens (tertiary/aromatic N) is 1. The van der Waals surface area contributed by atoms with Crippen LogP contribution in [-0.4, -0.2) is 17.6 Å². The highest BCUT2D eigenvalue weighted by Crippen LogP contribution is 2.00. The molecule has 0 aliphatic carbocycles. The van der Waals surface area contributed by atoms with Gasteiger partial charge in [-0.15, -0.1) is 0 Å². The van der Waals surface area contributed by atoms with Crippen molar-refractivity contribution in [3.8, 4) is 0 Å². The molecule has 4 heteroatoms. The molecule has 1 rings (SSSR count). The van der Waals surface area contributed by atoms with Gasteiger partial charge in [0.25, 0.3) is 0 Å². The van der Waals surface area contributed by atoms with Gasteiger partial charge in [0.1, 0.15) is 0 Å². The van der Waals surface area contributed by atoms with Crippen LogP contribution >= 0.6 is 0 Å². The Morgan fingerprint density at radius 2 is 2.36 bits per heavy atom. The summed E-state index contributed by atoms with van der Waals surface area (Å²) in [4.78, 5) is 14.6. The number of esters is 1. The van der Waals surface area contributed by atoms with Gasteiger partial charge in [0.15, 0.2) is 5.69 Å². The van der Waals surface area contributed by atoms with Crippen molar-refractivity contribution in [1.29, 1.82) is 0 Å². The quantitative estimate of drug-likeness (QED) is 0.422. The Hall–Kier alpha value is -1.45. The molecule has 0 aliphatic rings. The Balaban J connectivity index is 2.52. The van der Waals surface area contributed by atoms with Crippen molar-refractivity contribution in [2.24, 2.45) is 0 Å². The number of halogens is 1. The van der Waals surface area contributed by atoms with Crippen LogP contribution in [0.1, 0.15) is 30.3 Å². The molecule has 0 unspecified atom stereocenters. The zero-order valence-corrected chi connectivity index (χ0v) is 8.00. The normalized spacial score (nSPS) is 9.86. The van der Waals surface area contributed by atoms with E-state index in [1.807, 2.05) is 6.92 Å². The van der Waals surface area contributed by atoms with Crippen LogP contribution in [0.5, 0.6) is 0 Å². The molecule has 0 amide bonds. The van der Waals surface area contributed by atoms with Gasteiger partial charge in [0.05, 0.1) is 6.61 Å². The third-order valence-corrected chi connectivity index (χ3v) is 1.66. The molecule has 0 atom stereocenters. The molecule has 0 saturated carbocycles. The summed E-state index contributed by atoms with van der Waals surface area (Å²) in [5.41, 5.74) is 0.0149. The van der Waals surface area contributed by atoms with Crippen LogP contribution in [0, 0.1) is 5.95 Å². The van der Waals surface area contributed by atoms with E-state index in [2.05, 4.69) is 4.98 Å². The number of rotatable bonds is 4. The van der Waals surface area contributed by atoms with Gasteiger partial charge < -0.3 is 4.74 Å². The fraction of sp³-hybridized carbons (Fsp3) is 0.400. The van der Waals surface area contributed by atoms with Crippen molar-refractivity contribution in [3.63, 3.8) is 0 Å². The van der Waals surface area contributed by atoms with Crippen LogP contribution in [0.25, 0.3) is 0 Å². The molecule has 0 spiro atoms. The molecule has 0 fully saturated rings. The maximum absolute atomic E-state index is 12.6. The van der Waals surface area contributed by atoms with Crippen molar-refractivity contribution in [1.82, 2.24) is 4.98 Å². The summed E-state index contributed by atoms with van der Waals surface area (Å²) in [6.45, 7) is 2.35. The minimum absolute atomic E-state index is 0.0149. The van der Waals surface area contributed by atoms with Crippen LogP contribution in [0.3, 0.4) is 0 Å². The average Bonchev–Trinajstić information content (AvgIpc) is 2.18. The minimum Gasteiger partial charge on any atom is -0.461 e. The molecule has 76 valence electrons. The van der Waals surface area contributed by atoms with Crippen LogP contribution in [-0.2, 0) is 4.74 Å². The summed E-state index contributed by atoms with van der Waals surface area (Å²) in [7, 11) is 0. The Morgan fingerprint density at radius 1 is 1.57 bits per heavy atom. The van der Waals surface area contributed by atoms with Gasteiger partial charge in [-0.1, -0.05) is 19.4 Å². The highest BCUT2D eigenvalue weighted by molar-refractivity contribution is 5.87. The van der Waals surface area contributed by atoms with Crippen molar-refractivity contribution in [2.75, 3.05) is 6.61 Å². The molecule has 0 aromatic carbocycles. The first-order valence-electron chi connectivity index (χ1n) is 4.53. The van der Waals surface area contributed by atoms with Crippen LogP contribution in [0.4, 0.5) is 4.39 Å². The van der Waals surface area contributed by atoms with E-state index in [9.17, 15) is 9.18 Å². The highest BCUT2D eigenvalue weighted by Gasteiger charge is 2.08. The van der Waals surface area contributed by atoms with E-state index in [-0.39, 0.29) is 5.69 Å². The Labute approximate surface area is 81.9 Å². The maximum atomic E-state index is 12.6. The van der Waals surface area contributed by atoms with E-state index in [0.29, 0.717) is 6.61 Å². The maximum Gasteiger partial charge on any atom is 0.357 e. The van der Waals surface area contributed by atoms with Crippen LogP contribution in [0.15, 0.2) is 18.2 Å². The summed E-state index contributed by atoms with van der Waals surface area (Å²) >= 11 is 0. The SMILES string of the molecule is CCCCOC(=O)c1cccc(F)n1. The number of pyridine rings is 1. The van der Waals surface area contributed by atoms with Crippen LogP contribution < -0.4 is 0 Å². The Bertz CT molecular complexity index is 315. The highest BCUT2D eigenvalue weighted by atomic mass is 19.1. The van der Waals surface area contributed by atoms with Crippen molar-refractivity contribution in [3.05, 3.63) is 29.8 Å². The first-order valence-corrected chi connectivity index (χ1v) is 4.53. The lowest BCUT2D eigenvalue weighted by Gasteiger charge is -2.02. The molecule has 1 aromatic rings. The van der Waals surface area contributed by atoms with E-state index in [1.54, 1.807) is 0 Å². The smallest absolute Gasteiger partial charge is 0.357 e. The van der Waals surface area contributed by atoms with E-state index in [1.165, 1.54) is 18.2 Å². The van der Waals surface area contributed by atoms with E-state index < -0.39 is 11.9 Å². The second kappa shape index (κ2) is 5.32. The van der Waals surface area contributed by atoms with Crippen molar-refractivity contribution < 1.29 is 13.9 Å². The summed E-state index contributed by atoms with van der Waals surface area (Å²) in [6, 6.07) is 4.04. The number of ether oxygens (including phenoxy) is 1. The first kappa shape index (κ1) is 10.6. The lowest BCUT2D eigenvalue weighted by molar-refractivity contribution is 0.0491. The summed E-state index contributed by atoms with van der Waals surface area (Å²) in [5.74, 6) is -1.24. The number of unbranched alkanes of at least 4 members (excludes halogenated alkanes) is 1. The molecule has 0 aliphatic heterocycles. The third-order valence-electron chi connectivity index (χ3n) is 1.66. The van der Waals surface area contributed by atoms with Gasteiger partial charge in [-0.05, 0) is 18.6 Å². The minimum atomic E-state index is -0.671. The fourth-order valence-corrected chi connectivity index (χ4v) is 0.905. The summed E-state index contributed by atoms with van der Waals surface area (Å²) in [5, 5.41) is 0. The molecule has 14 heavy (non-hydrogen) atoms. The zero-order valence-electron chi connectivity index (χ0n) is 8.00. The second-order valence-electron chi connectivity index (χ2n) is 2.84. The summed E-state index contributed by atoms with van der Waals surface area (Å²) in [6.07, 6.45) is 1.75. The predicted octanol–water partition coefficient (Wildman–Crippen LogP) is 2.18. The Kier molecular flexibility index (Phi) is 4.04. The number of aromatic nitrogens is 1. The molecule has 1 aromatic heterocycles. The largest absolute Gasteiger partial charge is 0.461 e. The van der Waals surface area contributed by atoms with E-state index >= 15 is 0 Å². The van der Waals surface area contributed by atoms with Gasteiger partial charge in [-0.2, -0.15) is 4.39 Å². The zero-order chi connectivity index (χ0) is 10.4.